The molecule has 0 atom stereocenters. The van der Waals surface area contributed by atoms with Gasteiger partial charge in [0.05, 0.1) is 0 Å². The molecule has 0 saturated carbocycles. The molecule has 1 fully saturated rings. The Morgan fingerprint density at radius 3 is 2.58 bits per heavy atom. The van der Waals surface area contributed by atoms with Gasteiger partial charge in [-0.15, -0.1) is 4.68 Å². The summed E-state index contributed by atoms with van der Waals surface area (Å²) in [6.07, 6.45) is 0.863. The molecule has 43 heavy (non-hydrogen) atoms. The first-order valence-corrected chi connectivity index (χ1v) is 14.0. The topological polar surface area (TPSA) is 107 Å². The minimum atomic E-state index is -0.740. The molecule has 10 nitrogen and oxygen atoms in total. The number of amides is 2. The second kappa shape index (κ2) is 11.6. The van der Waals surface area contributed by atoms with Crippen LogP contribution in [0.25, 0.3) is 22.2 Å². The summed E-state index contributed by atoms with van der Waals surface area (Å²) in [4.78, 5) is 45.6. The molecule has 3 heterocycles. The number of rotatable bonds is 5. The van der Waals surface area contributed by atoms with Crippen molar-refractivity contribution < 1.29 is 28.2 Å². The zero-order valence-electron chi connectivity index (χ0n) is 24.5. The number of carbonyl (C=O) groups excluding carboxylic acids is 3. The number of aromatic nitrogens is 3. The van der Waals surface area contributed by atoms with Crippen LogP contribution in [0.4, 0.5) is 9.18 Å². The highest BCUT2D eigenvalue weighted by Crippen LogP contribution is 2.37. The highest BCUT2D eigenvalue weighted by molar-refractivity contribution is 6.31. The lowest BCUT2D eigenvalue weighted by Gasteiger charge is -2.32. The van der Waals surface area contributed by atoms with E-state index in [-0.39, 0.29) is 36.1 Å². The van der Waals surface area contributed by atoms with Crippen LogP contribution in [0.15, 0.2) is 48.7 Å². The van der Waals surface area contributed by atoms with Gasteiger partial charge in [0.15, 0.2) is 5.65 Å². The largest absolute Gasteiger partial charge is 0.487 e. The van der Waals surface area contributed by atoms with E-state index < -0.39 is 17.5 Å². The zero-order valence-corrected chi connectivity index (χ0v) is 25.2. The first-order valence-electron chi connectivity index (χ1n) is 13.6. The lowest BCUT2D eigenvalue weighted by molar-refractivity contribution is -0.133. The van der Waals surface area contributed by atoms with Crippen molar-refractivity contribution >= 4 is 40.5 Å². The molecule has 1 aliphatic heterocycles. The van der Waals surface area contributed by atoms with E-state index in [2.05, 4.69) is 10.1 Å². The van der Waals surface area contributed by atoms with E-state index in [0.29, 0.717) is 51.7 Å². The van der Waals surface area contributed by atoms with Gasteiger partial charge in [0.1, 0.15) is 36.0 Å². The predicted molar refractivity (Wildman–Crippen MR) is 159 cm³/mol. The van der Waals surface area contributed by atoms with Crippen LogP contribution in [0.3, 0.4) is 0 Å². The summed E-state index contributed by atoms with van der Waals surface area (Å²) in [5, 5.41) is 5.39. The van der Waals surface area contributed by atoms with E-state index in [1.165, 1.54) is 23.1 Å². The molecule has 0 radical (unpaired) electrons. The fourth-order valence-corrected chi connectivity index (χ4v) is 4.83. The number of nitrogens with zero attached hydrogens (tertiary/aromatic N) is 5. The summed E-state index contributed by atoms with van der Waals surface area (Å²) in [6.45, 7) is 7.70. The van der Waals surface area contributed by atoms with Crippen LogP contribution >= 0.6 is 11.6 Å². The van der Waals surface area contributed by atoms with Crippen molar-refractivity contribution in [3.8, 4) is 16.9 Å². The summed E-state index contributed by atoms with van der Waals surface area (Å²) in [5.74, 6) is -0.835. The standard InChI is InChI=1S/C31H31ClFN5O5/c1-18-13-26(42-17-25-20-7-6-10-34-28(20)38(35-25)30(41)43-31(2,3)4)22(15-23(18)32)21-14-19(8-9-24(21)33)29(40)37-12-11-36(5)27(39)16-37/h6-10,13-15H,11-12,16-17H2,1-5H3. The Morgan fingerprint density at radius 1 is 1.09 bits per heavy atom. The van der Waals surface area contributed by atoms with Crippen molar-refractivity contribution in [3.63, 3.8) is 0 Å². The van der Waals surface area contributed by atoms with Crippen LogP contribution in [0, 0.1) is 12.7 Å². The average Bonchev–Trinajstić information content (AvgIpc) is 3.33. The third kappa shape index (κ3) is 6.31. The average molecular weight is 608 g/mol. The number of halogens is 2. The maximum Gasteiger partial charge on any atom is 0.437 e. The Hall–Kier alpha value is -4.51. The van der Waals surface area contributed by atoms with Gasteiger partial charge in [-0.2, -0.15) is 5.10 Å². The van der Waals surface area contributed by atoms with Gasteiger partial charge in [-0.25, -0.2) is 14.2 Å². The van der Waals surface area contributed by atoms with Crippen molar-refractivity contribution in [1.82, 2.24) is 24.6 Å². The van der Waals surface area contributed by atoms with Gasteiger partial charge in [0, 0.05) is 53.4 Å². The summed E-state index contributed by atoms with van der Waals surface area (Å²) < 4.78 is 28.1. The number of fused-ring (bicyclic) bond motifs is 1. The Morgan fingerprint density at radius 2 is 1.86 bits per heavy atom. The minimum absolute atomic E-state index is 0.0501. The molecule has 12 heteroatoms. The molecule has 2 aromatic carbocycles. The molecule has 4 aromatic rings. The highest BCUT2D eigenvalue weighted by Gasteiger charge is 2.27. The molecule has 1 saturated heterocycles. The van der Waals surface area contributed by atoms with Crippen LogP contribution in [0.2, 0.25) is 5.02 Å². The number of piperazine rings is 1. The second-order valence-electron chi connectivity index (χ2n) is 11.3. The van der Waals surface area contributed by atoms with Crippen molar-refractivity contribution in [2.45, 2.75) is 39.9 Å². The SMILES string of the molecule is Cc1cc(OCc2nn(C(=O)OC(C)(C)C)c3ncccc23)c(-c2cc(C(=O)N3CCN(C)C(=O)C3)ccc2F)cc1Cl. The van der Waals surface area contributed by atoms with Crippen molar-refractivity contribution in [2.24, 2.45) is 0 Å². The first-order chi connectivity index (χ1) is 20.3. The third-order valence-electron chi connectivity index (χ3n) is 6.96. The van der Waals surface area contributed by atoms with Crippen molar-refractivity contribution in [1.29, 1.82) is 0 Å². The number of pyridine rings is 1. The molecule has 1 aliphatic rings. The van der Waals surface area contributed by atoms with Gasteiger partial charge in [-0.1, -0.05) is 11.6 Å². The second-order valence-corrected chi connectivity index (χ2v) is 11.7. The Balaban J connectivity index is 1.48. The third-order valence-corrected chi connectivity index (χ3v) is 7.37. The number of aryl methyl sites for hydroxylation is 1. The molecule has 2 aromatic heterocycles. The fraction of sp³-hybridized carbons (Fsp3) is 0.323. The van der Waals surface area contributed by atoms with Gasteiger partial charge in [0.25, 0.3) is 5.91 Å². The van der Waals surface area contributed by atoms with E-state index >= 15 is 4.39 Å². The van der Waals surface area contributed by atoms with E-state index in [0.717, 1.165) is 4.68 Å². The lowest BCUT2D eigenvalue weighted by atomic mass is 9.99. The number of ether oxygens (including phenoxy) is 2. The monoisotopic (exact) mass is 607 g/mol. The van der Waals surface area contributed by atoms with E-state index in [9.17, 15) is 14.4 Å². The Kier molecular flexibility index (Phi) is 8.11. The number of hydrogen-bond acceptors (Lipinski definition) is 7. The minimum Gasteiger partial charge on any atom is -0.487 e. The van der Waals surface area contributed by atoms with Crippen LogP contribution < -0.4 is 4.74 Å². The summed E-state index contributed by atoms with van der Waals surface area (Å²) in [7, 11) is 1.68. The smallest absolute Gasteiger partial charge is 0.437 e. The summed E-state index contributed by atoms with van der Waals surface area (Å²) >= 11 is 6.46. The molecular formula is C31H31ClFN5O5. The predicted octanol–water partition coefficient (Wildman–Crippen LogP) is 5.48. The van der Waals surface area contributed by atoms with Crippen LogP contribution in [-0.4, -0.2) is 74.8 Å². The highest BCUT2D eigenvalue weighted by atomic mass is 35.5. The lowest BCUT2D eigenvalue weighted by Crippen LogP contribution is -2.50. The normalized spacial score (nSPS) is 13.9. The van der Waals surface area contributed by atoms with Gasteiger partial charge in [0.2, 0.25) is 5.91 Å². The van der Waals surface area contributed by atoms with E-state index in [1.54, 1.807) is 70.1 Å². The molecule has 0 unspecified atom stereocenters. The summed E-state index contributed by atoms with van der Waals surface area (Å²) in [6, 6.07) is 10.8. The van der Waals surface area contributed by atoms with Gasteiger partial charge < -0.3 is 19.3 Å². The zero-order chi connectivity index (χ0) is 31.1. The molecule has 224 valence electrons. The number of carbonyl (C=O) groups is 3. The first kappa shape index (κ1) is 30.0. The molecule has 0 bridgehead atoms. The Bertz CT molecular complexity index is 1750. The van der Waals surface area contributed by atoms with Crippen LogP contribution in [-0.2, 0) is 16.1 Å². The number of benzene rings is 2. The maximum atomic E-state index is 15.3. The Labute approximate surface area is 252 Å². The molecule has 0 aliphatic carbocycles. The number of hydrogen-bond donors (Lipinski definition) is 0. The quantitative estimate of drug-likeness (QED) is 0.296. The fourth-order valence-electron chi connectivity index (χ4n) is 4.66. The van der Waals surface area contributed by atoms with E-state index in [4.69, 9.17) is 21.1 Å². The summed E-state index contributed by atoms with van der Waals surface area (Å²) in [5.41, 5.74) is 1.33. The van der Waals surface area contributed by atoms with Crippen LogP contribution in [0.5, 0.6) is 5.75 Å². The van der Waals surface area contributed by atoms with E-state index in [1.807, 2.05) is 0 Å². The van der Waals surface area contributed by atoms with Gasteiger partial charge in [-0.3, -0.25) is 9.59 Å². The maximum absolute atomic E-state index is 15.3. The van der Waals surface area contributed by atoms with Crippen molar-refractivity contribution in [3.05, 3.63) is 76.3 Å². The molecular weight excluding hydrogens is 577 g/mol. The van der Waals surface area contributed by atoms with Gasteiger partial charge >= 0.3 is 6.09 Å². The molecule has 0 spiro atoms. The van der Waals surface area contributed by atoms with Crippen LogP contribution in [0.1, 0.15) is 42.4 Å². The number of likely N-dealkylation sites (N-methyl/N-ethyl adjacent to an activating group) is 1. The van der Waals surface area contributed by atoms with Crippen molar-refractivity contribution in [2.75, 3.05) is 26.7 Å². The van der Waals surface area contributed by atoms with Gasteiger partial charge in [-0.05, 0) is 75.7 Å². The molecule has 0 N–H and O–H groups in total. The molecule has 2 amide bonds. The molecule has 5 rings (SSSR count).